The lowest BCUT2D eigenvalue weighted by atomic mass is 9.98. The van der Waals surface area contributed by atoms with E-state index in [0.717, 1.165) is 42.1 Å². The van der Waals surface area contributed by atoms with Crippen LogP contribution in [0.4, 0.5) is 5.82 Å². The highest BCUT2D eigenvalue weighted by Crippen LogP contribution is 2.30. The number of hydrogen-bond donors (Lipinski definition) is 1. The van der Waals surface area contributed by atoms with E-state index in [-0.39, 0.29) is 0 Å². The lowest BCUT2D eigenvalue weighted by Gasteiger charge is -2.33. The molecule has 0 radical (unpaired) electrons. The molecule has 1 atom stereocenters. The van der Waals surface area contributed by atoms with E-state index >= 15 is 0 Å². The van der Waals surface area contributed by atoms with Gasteiger partial charge in [0.15, 0.2) is 0 Å². The maximum absolute atomic E-state index is 9.57. The first-order valence-corrected chi connectivity index (χ1v) is 10.3. The van der Waals surface area contributed by atoms with Crippen molar-refractivity contribution in [3.05, 3.63) is 48.7 Å². The highest BCUT2D eigenvalue weighted by atomic mass is 15.2. The Hall–Kier alpha value is -3.77. The van der Waals surface area contributed by atoms with E-state index in [1.54, 1.807) is 21.6 Å². The van der Waals surface area contributed by atoms with E-state index in [1.807, 2.05) is 37.8 Å². The zero-order valence-corrected chi connectivity index (χ0v) is 17.3. The van der Waals surface area contributed by atoms with Gasteiger partial charge >= 0.3 is 0 Å². The third-order valence-electron chi connectivity index (χ3n) is 5.82. The molecule has 5 rings (SSSR count). The van der Waals surface area contributed by atoms with Gasteiger partial charge in [-0.05, 0) is 37.4 Å². The molecule has 156 valence electrons. The van der Waals surface area contributed by atoms with Gasteiger partial charge in [-0.25, -0.2) is 14.5 Å². The number of nitriles is 1. The summed E-state index contributed by atoms with van der Waals surface area (Å²) >= 11 is 0. The summed E-state index contributed by atoms with van der Waals surface area (Å²) in [6.45, 7) is 2.63. The predicted octanol–water partition coefficient (Wildman–Crippen LogP) is 2.24. The fraction of sp³-hybridized carbons (Fsp3) is 0.318. The molecule has 0 amide bonds. The summed E-state index contributed by atoms with van der Waals surface area (Å²) in [7, 11) is 1.86. The quantitative estimate of drug-likeness (QED) is 0.546. The number of aromatic nitrogens is 6. The Kier molecular flexibility index (Phi) is 4.84. The molecule has 5 heterocycles. The topological polar surface area (TPSA) is 114 Å². The first-order chi connectivity index (χ1) is 15.2. The molecule has 1 saturated heterocycles. The van der Waals surface area contributed by atoms with Crippen LogP contribution in [0, 0.1) is 17.2 Å². The van der Waals surface area contributed by atoms with Crippen molar-refractivity contribution in [3.63, 3.8) is 0 Å². The molecule has 0 bridgehead atoms. The van der Waals surface area contributed by atoms with E-state index in [1.165, 1.54) is 6.42 Å². The van der Waals surface area contributed by atoms with Crippen molar-refractivity contribution in [1.29, 1.82) is 5.26 Å². The van der Waals surface area contributed by atoms with Gasteiger partial charge in [-0.15, -0.1) is 0 Å². The predicted molar refractivity (Wildman–Crippen MR) is 117 cm³/mol. The second kappa shape index (κ2) is 7.81. The van der Waals surface area contributed by atoms with E-state index in [9.17, 15) is 5.26 Å². The van der Waals surface area contributed by atoms with E-state index < -0.39 is 0 Å². The SMILES string of the molecule is Cn1cc(-c2cn3ncc(C#N)c3c(-c3ccc(N4CCCC(CN)C4)nc3)n2)cn1. The highest BCUT2D eigenvalue weighted by molar-refractivity contribution is 5.83. The van der Waals surface area contributed by atoms with Crippen molar-refractivity contribution < 1.29 is 0 Å². The summed E-state index contributed by atoms with van der Waals surface area (Å²) in [5.74, 6) is 1.45. The second-order valence-corrected chi connectivity index (χ2v) is 7.94. The molecule has 0 aliphatic carbocycles. The zero-order chi connectivity index (χ0) is 21.4. The van der Waals surface area contributed by atoms with Crippen LogP contribution in [-0.4, -0.2) is 49.0 Å². The van der Waals surface area contributed by atoms with Crippen LogP contribution in [0.2, 0.25) is 0 Å². The Labute approximate surface area is 179 Å². The maximum atomic E-state index is 9.57. The average Bonchev–Trinajstić information content (AvgIpc) is 3.44. The summed E-state index contributed by atoms with van der Waals surface area (Å²) in [5, 5.41) is 18.2. The first-order valence-electron chi connectivity index (χ1n) is 10.3. The molecule has 1 fully saturated rings. The number of nitrogens with two attached hydrogens (primary N) is 1. The molecule has 9 nitrogen and oxygen atoms in total. The Morgan fingerprint density at radius 3 is 2.77 bits per heavy atom. The number of pyridine rings is 1. The maximum Gasteiger partial charge on any atom is 0.128 e. The van der Waals surface area contributed by atoms with Crippen molar-refractivity contribution in [2.75, 3.05) is 24.5 Å². The van der Waals surface area contributed by atoms with Crippen LogP contribution in [0.1, 0.15) is 18.4 Å². The monoisotopic (exact) mass is 413 g/mol. The molecule has 31 heavy (non-hydrogen) atoms. The van der Waals surface area contributed by atoms with E-state index in [4.69, 9.17) is 15.7 Å². The van der Waals surface area contributed by atoms with Gasteiger partial charge in [-0.3, -0.25) is 4.68 Å². The number of anilines is 1. The number of hydrogen-bond acceptors (Lipinski definition) is 7. The molecule has 0 aromatic carbocycles. The van der Waals surface area contributed by atoms with Crippen molar-refractivity contribution in [1.82, 2.24) is 29.4 Å². The zero-order valence-electron chi connectivity index (χ0n) is 17.3. The molecule has 0 saturated carbocycles. The molecule has 0 spiro atoms. The smallest absolute Gasteiger partial charge is 0.128 e. The molecule has 4 aromatic heterocycles. The molecule has 2 N–H and O–H groups in total. The number of fused-ring (bicyclic) bond motifs is 1. The lowest BCUT2D eigenvalue weighted by molar-refractivity contribution is 0.422. The minimum Gasteiger partial charge on any atom is -0.356 e. The van der Waals surface area contributed by atoms with Gasteiger partial charge in [0.05, 0.1) is 30.0 Å². The normalized spacial score (nSPS) is 16.5. The number of nitrogens with zero attached hydrogens (tertiary/aromatic N) is 8. The fourth-order valence-corrected chi connectivity index (χ4v) is 4.17. The fourth-order valence-electron chi connectivity index (χ4n) is 4.17. The molecule has 1 unspecified atom stereocenters. The van der Waals surface area contributed by atoms with Crippen LogP contribution in [-0.2, 0) is 7.05 Å². The van der Waals surface area contributed by atoms with Gasteiger partial charge in [0.2, 0.25) is 0 Å². The molecule has 9 heteroatoms. The van der Waals surface area contributed by atoms with Crippen LogP contribution >= 0.6 is 0 Å². The summed E-state index contributed by atoms with van der Waals surface area (Å²) in [6, 6.07) is 6.25. The first kappa shape index (κ1) is 19.2. The van der Waals surface area contributed by atoms with Crippen LogP contribution in [0.15, 0.2) is 43.1 Å². The third-order valence-corrected chi connectivity index (χ3v) is 5.82. The van der Waals surface area contributed by atoms with Crippen LogP contribution in [0.25, 0.3) is 28.0 Å². The molecule has 1 aliphatic heterocycles. The summed E-state index contributed by atoms with van der Waals surface area (Å²) in [6.07, 6.45) is 11.2. The van der Waals surface area contributed by atoms with Crippen molar-refractivity contribution in [2.24, 2.45) is 18.7 Å². The minimum absolute atomic E-state index is 0.478. The van der Waals surface area contributed by atoms with Crippen LogP contribution < -0.4 is 10.6 Å². The van der Waals surface area contributed by atoms with E-state index in [2.05, 4.69) is 21.2 Å². The number of aryl methyl sites for hydroxylation is 1. The van der Waals surface area contributed by atoms with Gasteiger partial charge in [-0.2, -0.15) is 15.5 Å². The van der Waals surface area contributed by atoms with Crippen LogP contribution in [0.5, 0.6) is 0 Å². The Morgan fingerprint density at radius 2 is 2.06 bits per heavy atom. The minimum atomic E-state index is 0.478. The van der Waals surface area contributed by atoms with Crippen LogP contribution in [0.3, 0.4) is 0 Å². The van der Waals surface area contributed by atoms with E-state index in [0.29, 0.717) is 29.2 Å². The third kappa shape index (κ3) is 3.51. The summed E-state index contributed by atoms with van der Waals surface area (Å²) in [5.41, 5.74) is 10.2. The average molecular weight is 413 g/mol. The molecular weight excluding hydrogens is 390 g/mol. The van der Waals surface area contributed by atoms with Gasteiger partial charge in [-0.1, -0.05) is 0 Å². The van der Waals surface area contributed by atoms with Gasteiger partial charge < -0.3 is 10.6 Å². The summed E-state index contributed by atoms with van der Waals surface area (Å²) in [4.78, 5) is 11.9. The molecular formula is C22H23N9. The van der Waals surface area contributed by atoms with Gasteiger partial charge in [0.1, 0.15) is 23.0 Å². The highest BCUT2D eigenvalue weighted by Gasteiger charge is 2.21. The van der Waals surface area contributed by atoms with Crippen molar-refractivity contribution in [2.45, 2.75) is 12.8 Å². The van der Waals surface area contributed by atoms with Crippen molar-refractivity contribution >= 4 is 11.3 Å². The summed E-state index contributed by atoms with van der Waals surface area (Å²) < 4.78 is 3.43. The van der Waals surface area contributed by atoms with Gasteiger partial charge in [0.25, 0.3) is 0 Å². The standard InChI is InChI=1S/C22H23N9/c1-29-13-18(11-26-29)19-14-31-22(17(8-24)10-27-31)21(28-19)16-4-5-20(25-9-16)30-6-2-3-15(7-23)12-30/h4-5,9-11,13-15H,2-3,6-7,12,23H2,1H3. The second-order valence-electron chi connectivity index (χ2n) is 7.94. The van der Waals surface area contributed by atoms with Gasteiger partial charge in [0, 0.05) is 43.7 Å². The Bertz CT molecular complexity index is 1260. The number of piperidine rings is 1. The lowest BCUT2D eigenvalue weighted by Crippen LogP contribution is -2.38. The number of rotatable bonds is 4. The largest absolute Gasteiger partial charge is 0.356 e. The van der Waals surface area contributed by atoms with Crippen molar-refractivity contribution in [3.8, 4) is 28.6 Å². The Balaban J connectivity index is 1.57. The molecule has 4 aromatic rings. The molecule has 1 aliphatic rings. The Morgan fingerprint density at radius 1 is 1.16 bits per heavy atom.